The van der Waals surface area contributed by atoms with E-state index in [1.54, 1.807) is 11.1 Å². The van der Waals surface area contributed by atoms with Gasteiger partial charge in [0.1, 0.15) is 0 Å². The van der Waals surface area contributed by atoms with Crippen LogP contribution in [0.15, 0.2) is 115 Å². The summed E-state index contributed by atoms with van der Waals surface area (Å²) in [4.78, 5) is 10.6. The molecule has 0 saturated heterocycles. The van der Waals surface area contributed by atoms with Crippen LogP contribution in [-0.4, -0.2) is 9.97 Å². The van der Waals surface area contributed by atoms with Crippen molar-refractivity contribution in [2.45, 2.75) is 87.9 Å². The molecule has 0 aliphatic heterocycles. The predicted molar refractivity (Wildman–Crippen MR) is 226 cm³/mol. The summed E-state index contributed by atoms with van der Waals surface area (Å²) in [6.07, 6.45) is 17.2. The molecule has 0 amide bonds. The summed E-state index contributed by atoms with van der Waals surface area (Å²) in [6.45, 7) is 0. The Bertz CT molecular complexity index is 2360. The second-order valence-corrected chi connectivity index (χ2v) is 19.5. The van der Waals surface area contributed by atoms with Gasteiger partial charge in [-0.2, -0.15) is 5.26 Å². The van der Waals surface area contributed by atoms with E-state index in [-0.39, 0.29) is 0 Å². The van der Waals surface area contributed by atoms with Gasteiger partial charge < -0.3 is 0 Å². The molecule has 56 heavy (non-hydrogen) atoms. The second-order valence-electron chi connectivity index (χ2n) is 19.5. The van der Waals surface area contributed by atoms with Gasteiger partial charge in [0, 0.05) is 16.7 Å². The van der Waals surface area contributed by atoms with Gasteiger partial charge in [-0.15, -0.1) is 0 Å². The van der Waals surface area contributed by atoms with Gasteiger partial charge in [0.2, 0.25) is 0 Å². The van der Waals surface area contributed by atoms with Crippen molar-refractivity contribution in [3.63, 3.8) is 0 Å². The Morgan fingerprint density at radius 1 is 0.411 bits per heavy atom. The van der Waals surface area contributed by atoms with Crippen LogP contribution in [0.1, 0.15) is 93.7 Å². The van der Waals surface area contributed by atoms with Gasteiger partial charge in [0.05, 0.1) is 23.0 Å². The maximum Gasteiger partial charge on any atom is 0.160 e. The SMILES string of the molecule is N#Cc1ccc2cc(-c3ccc(-c4nc(-c5ccc(C67CC8CC(CC(C8)C6)C7)cc5)cc(-c5ccc(C67CC8CC(CC(C8)C6)C7)cc5)n4)cc3)ccc2c1. The molecule has 5 aromatic carbocycles. The molecule has 0 N–H and O–H groups in total. The van der Waals surface area contributed by atoms with Crippen LogP contribution in [-0.2, 0) is 10.8 Å². The van der Waals surface area contributed by atoms with Crippen LogP contribution in [0.5, 0.6) is 0 Å². The van der Waals surface area contributed by atoms with Gasteiger partial charge >= 0.3 is 0 Å². The third-order valence-electron chi connectivity index (χ3n) is 15.8. The normalized spacial score (nSPS) is 30.8. The number of nitrogens with zero attached hydrogens (tertiary/aromatic N) is 3. The highest BCUT2D eigenvalue weighted by Crippen LogP contribution is 2.62. The molecule has 0 atom stereocenters. The molecule has 1 heterocycles. The monoisotopic (exact) mass is 727 g/mol. The number of aromatic nitrogens is 2. The lowest BCUT2D eigenvalue weighted by molar-refractivity contribution is -0.00530. The Balaban J connectivity index is 0.896. The molecule has 8 bridgehead atoms. The molecule has 0 spiro atoms. The van der Waals surface area contributed by atoms with Crippen molar-refractivity contribution in [2.24, 2.45) is 35.5 Å². The van der Waals surface area contributed by atoms with Gasteiger partial charge in [-0.05, 0) is 181 Å². The van der Waals surface area contributed by atoms with Crippen molar-refractivity contribution in [1.82, 2.24) is 9.97 Å². The van der Waals surface area contributed by atoms with E-state index in [2.05, 4.69) is 103 Å². The summed E-state index contributed by atoms with van der Waals surface area (Å²) in [5.74, 6) is 6.39. The standard InChI is InChI=1S/C53H49N3/c54-32-33-1-2-46-24-45(8-7-44(46)23-33)40-3-5-43(6-4-40)51-55-49(41-9-13-47(14-10-41)52-26-34-17-35(27-52)19-36(18-34)28-52)25-50(56-51)42-11-15-48(16-12-42)53-29-37-20-38(30-53)22-39(21-37)31-53/h1-16,23-25,34-39H,17-22,26-31H2. The summed E-state index contributed by atoms with van der Waals surface area (Å²) >= 11 is 0. The van der Waals surface area contributed by atoms with E-state index in [1.165, 1.54) is 88.2 Å². The maximum atomic E-state index is 9.35. The fourth-order valence-corrected chi connectivity index (χ4v) is 14.1. The topological polar surface area (TPSA) is 49.6 Å². The number of hydrogen-bond donors (Lipinski definition) is 0. The summed E-state index contributed by atoms with van der Waals surface area (Å²) in [6, 6.07) is 44.8. The number of nitriles is 1. The zero-order chi connectivity index (χ0) is 37.0. The first-order valence-corrected chi connectivity index (χ1v) is 21.6. The fraction of sp³-hybridized carbons (Fsp3) is 0.377. The minimum atomic E-state index is 0.389. The summed E-state index contributed by atoms with van der Waals surface area (Å²) in [5.41, 5.74) is 12.2. The van der Waals surface area contributed by atoms with Crippen LogP contribution >= 0.6 is 0 Å². The Hall–Kier alpha value is -5.07. The van der Waals surface area contributed by atoms with Crippen molar-refractivity contribution in [2.75, 3.05) is 0 Å². The Morgan fingerprint density at radius 2 is 0.804 bits per heavy atom. The van der Waals surface area contributed by atoms with Gasteiger partial charge in [0.25, 0.3) is 0 Å². The van der Waals surface area contributed by atoms with E-state index in [0.717, 1.165) is 80.2 Å². The zero-order valence-corrected chi connectivity index (χ0v) is 32.3. The Kier molecular flexibility index (Phi) is 7.37. The minimum Gasteiger partial charge on any atom is -0.228 e. The van der Waals surface area contributed by atoms with Crippen molar-refractivity contribution < 1.29 is 0 Å². The Labute approximate surface area is 331 Å². The number of benzene rings is 5. The first-order chi connectivity index (χ1) is 27.4. The van der Waals surface area contributed by atoms with Gasteiger partial charge in [0.15, 0.2) is 5.82 Å². The number of hydrogen-bond acceptors (Lipinski definition) is 3. The molecule has 8 aliphatic carbocycles. The van der Waals surface area contributed by atoms with Crippen LogP contribution in [0.3, 0.4) is 0 Å². The highest BCUT2D eigenvalue weighted by atomic mass is 14.9. The first-order valence-electron chi connectivity index (χ1n) is 21.6. The molecule has 276 valence electrons. The first kappa shape index (κ1) is 33.1. The zero-order valence-electron chi connectivity index (χ0n) is 32.3. The van der Waals surface area contributed by atoms with E-state index >= 15 is 0 Å². The lowest BCUT2D eigenvalue weighted by Gasteiger charge is -2.57. The highest BCUT2D eigenvalue weighted by Gasteiger charge is 2.52. The molecule has 8 saturated carbocycles. The molecular weight excluding hydrogens is 679 g/mol. The average molecular weight is 728 g/mol. The lowest BCUT2D eigenvalue weighted by Crippen LogP contribution is -2.48. The molecule has 3 heteroatoms. The minimum absolute atomic E-state index is 0.389. The van der Waals surface area contributed by atoms with Gasteiger partial charge in [-0.3, -0.25) is 0 Å². The van der Waals surface area contributed by atoms with E-state index in [4.69, 9.17) is 9.97 Å². The fourth-order valence-electron chi connectivity index (χ4n) is 14.1. The lowest BCUT2D eigenvalue weighted by atomic mass is 9.48. The van der Waals surface area contributed by atoms with E-state index in [1.807, 2.05) is 18.2 Å². The second kappa shape index (κ2) is 12.5. The summed E-state index contributed by atoms with van der Waals surface area (Å²) in [5, 5.41) is 11.6. The molecule has 14 rings (SSSR count). The molecule has 8 fully saturated rings. The number of rotatable bonds is 6. The van der Waals surface area contributed by atoms with Crippen molar-refractivity contribution in [1.29, 1.82) is 5.26 Å². The third-order valence-corrected chi connectivity index (χ3v) is 15.8. The van der Waals surface area contributed by atoms with E-state index < -0.39 is 0 Å². The molecule has 3 nitrogen and oxygen atoms in total. The number of fused-ring (bicyclic) bond motifs is 1. The van der Waals surface area contributed by atoms with Crippen LogP contribution in [0.2, 0.25) is 0 Å². The molecule has 6 aromatic rings. The summed E-state index contributed by atoms with van der Waals surface area (Å²) < 4.78 is 0. The predicted octanol–water partition coefficient (Wildman–Crippen LogP) is 13.1. The molecule has 0 unspecified atom stereocenters. The summed E-state index contributed by atoms with van der Waals surface area (Å²) in [7, 11) is 0. The van der Waals surface area contributed by atoms with E-state index in [0.29, 0.717) is 16.4 Å². The largest absolute Gasteiger partial charge is 0.228 e. The van der Waals surface area contributed by atoms with Crippen LogP contribution in [0.4, 0.5) is 0 Å². The highest BCUT2D eigenvalue weighted by molar-refractivity contribution is 5.88. The van der Waals surface area contributed by atoms with Crippen molar-refractivity contribution in [3.05, 3.63) is 132 Å². The Morgan fingerprint density at radius 3 is 1.27 bits per heavy atom. The molecule has 0 radical (unpaired) electrons. The van der Waals surface area contributed by atoms with E-state index in [9.17, 15) is 5.26 Å². The quantitative estimate of drug-likeness (QED) is 0.172. The maximum absolute atomic E-state index is 9.35. The van der Waals surface area contributed by atoms with Crippen LogP contribution in [0.25, 0.3) is 55.8 Å². The molecular formula is C53H49N3. The van der Waals surface area contributed by atoms with Gasteiger partial charge in [-0.1, -0.05) is 91.0 Å². The van der Waals surface area contributed by atoms with Crippen LogP contribution < -0.4 is 0 Å². The van der Waals surface area contributed by atoms with Crippen molar-refractivity contribution in [3.8, 4) is 51.1 Å². The third kappa shape index (κ3) is 5.50. The van der Waals surface area contributed by atoms with Crippen molar-refractivity contribution >= 4 is 10.8 Å². The molecule has 8 aliphatic rings. The van der Waals surface area contributed by atoms with Crippen LogP contribution in [0, 0.1) is 46.8 Å². The smallest absolute Gasteiger partial charge is 0.160 e. The van der Waals surface area contributed by atoms with Gasteiger partial charge in [-0.25, -0.2) is 9.97 Å². The molecule has 1 aromatic heterocycles. The average Bonchev–Trinajstić information content (AvgIpc) is 3.22.